The second-order valence-corrected chi connectivity index (χ2v) is 4.76. The molecular formula is C14H16ClN3O3. The number of carbonyl (C=O) groups is 2. The molecule has 1 aromatic heterocycles. The molecule has 0 fully saturated rings. The van der Waals surface area contributed by atoms with Gasteiger partial charge in [-0.15, -0.1) is 0 Å². The summed E-state index contributed by atoms with van der Waals surface area (Å²) in [5.74, 6) is -0.703. The number of hydrogen-bond donors (Lipinski definition) is 3. The number of hydrogen-bond acceptors (Lipinski definition) is 3. The Labute approximate surface area is 126 Å². The van der Waals surface area contributed by atoms with Crippen LogP contribution in [0, 0.1) is 0 Å². The van der Waals surface area contributed by atoms with Gasteiger partial charge in [0.15, 0.2) is 0 Å². The number of halogens is 1. The van der Waals surface area contributed by atoms with E-state index in [1.54, 1.807) is 7.11 Å². The maximum atomic E-state index is 12.0. The van der Waals surface area contributed by atoms with Crippen LogP contribution in [-0.4, -0.2) is 43.6 Å². The average Bonchev–Trinajstić information content (AvgIpc) is 2.83. The first-order valence-corrected chi connectivity index (χ1v) is 6.81. The summed E-state index contributed by atoms with van der Waals surface area (Å²) in [6, 6.07) is 7.34. The van der Waals surface area contributed by atoms with Gasteiger partial charge in [0.2, 0.25) is 5.91 Å². The minimum atomic E-state index is -0.418. The molecule has 6 nitrogen and oxygen atoms in total. The summed E-state index contributed by atoms with van der Waals surface area (Å²) in [7, 11) is 1.55. The van der Waals surface area contributed by atoms with Crippen LogP contribution in [0.5, 0.6) is 0 Å². The number of aromatic amines is 1. The predicted octanol–water partition coefficient (Wildman–Crippen LogP) is 1.31. The van der Waals surface area contributed by atoms with E-state index in [1.165, 1.54) is 0 Å². The van der Waals surface area contributed by atoms with E-state index in [0.29, 0.717) is 18.2 Å². The Hall–Kier alpha value is -2.05. The molecule has 1 aromatic carbocycles. The Morgan fingerprint density at radius 2 is 2.05 bits per heavy atom. The van der Waals surface area contributed by atoms with E-state index in [0.717, 1.165) is 10.9 Å². The third-order valence-corrected chi connectivity index (χ3v) is 3.30. The zero-order valence-corrected chi connectivity index (χ0v) is 12.3. The Morgan fingerprint density at radius 1 is 1.29 bits per heavy atom. The van der Waals surface area contributed by atoms with Gasteiger partial charge in [0.1, 0.15) is 5.69 Å². The summed E-state index contributed by atoms with van der Waals surface area (Å²) in [6.45, 7) is 0.708. The van der Waals surface area contributed by atoms with Gasteiger partial charge in [-0.1, -0.05) is 29.8 Å². The van der Waals surface area contributed by atoms with Crippen LogP contribution in [0.4, 0.5) is 0 Å². The molecule has 2 rings (SSSR count). The predicted molar refractivity (Wildman–Crippen MR) is 80.5 cm³/mol. The van der Waals surface area contributed by atoms with E-state index in [2.05, 4.69) is 15.6 Å². The molecule has 2 amide bonds. The van der Waals surface area contributed by atoms with Crippen LogP contribution in [0.15, 0.2) is 24.3 Å². The molecule has 0 aliphatic carbocycles. The molecule has 21 heavy (non-hydrogen) atoms. The standard InChI is InChI=1S/C14H16ClN3O3/c1-21-7-6-16-11(19)8-17-14(20)13-12(15)9-4-2-3-5-10(9)18-13/h2-5,18H,6-8H2,1H3,(H,16,19)(H,17,20). The molecule has 0 bridgehead atoms. The van der Waals surface area contributed by atoms with E-state index in [4.69, 9.17) is 16.3 Å². The first kappa shape index (κ1) is 15.3. The highest BCUT2D eigenvalue weighted by molar-refractivity contribution is 6.38. The van der Waals surface area contributed by atoms with Gasteiger partial charge in [0.25, 0.3) is 5.91 Å². The van der Waals surface area contributed by atoms with Crippen molar-refractivity contribution in [3.8, 4) is 0 Å². The van der Waals surface area contributed by atoms with Gasteiger partial charge in [-0.05, 0) is 6.07 Å². The molecule has 7 heteroatoms. The van der Waals surface area contributed by atoms with E-state index in [9.17, 15) is 9.59 Å². The normalized spacial score (nSPS) is 10.6. The molecule has 0 aliphatic heterocycles. The lowest BCUT2D eigenvalue weighted by Gasteiger charge is -2.06. The van der Waals surface area contributed by atoms with Gasteiger partial charge in [-0.2, -0.15) is 0 Å². The number of amides is 2. The number of methoxy groups -OCH3 is 1. The number of nitrogens with one attached hydrogen (secondary N) is 3. The van der Waals surface area contributed by atoms with Crippen molar-refractivity contribution in [2.24, 2.45) is 0 Å². The zero-order chi connectivity index (χ0) is 15.2. The van der Waals surface area contributed by atoms with Crippen LogP contribution in [0.2, 0.25) is 5.02 Å². The molecule has 0 saturated heterocycles. The summed E-state index contributed by atoms with van der Waals surface area (Å²) in [4.78, 5) is 26.5. The molecule has 0 aliphatic rings. The number of H-pyrrole nitrogens is 1. The lowest BCUT2D eigenvalue weighted by Crippen LogP contribution is -2.38. The van der Waals surface area contributed by atoms with Crippen LogP contribution in [0.3, 0.4) is 0 Å². The summed E-state index contributed by atoms with van der Waals surface area (Å²) in [5, 5.41) is 6.25. The van der Waals surface area contributed by atoms with Gasteiger partial charge in [0, 0.05) is 24.6 Å². The second kappa shape index (κ2) is 7.10. The van der Waals surface area contributed by atoms with E-state index >= 15 is 0 Å². The summed E-state index contributed by atoms with van der Waals surface area (Å²) in [6.07, 6.45) is 0. The molecule has 112 valence electrons. The maximum absolute atomic E-state index is 12.0. The smallest absolute Gasteiger partial charge is 0.269 e. The molecule has 0 atom stereocenters. The first-order chi connectivity index (χ1) is 10.1. The van der Waals surface area contributed by atoms with E-state index in [1.807, 2.05) is 24.3 Å². The number of aromatic nitrogens is 1. The molecule has 0 spiro atoms. The highest BCUT2D eigenvalue weighted by atomic mass is 35.5. The molecule has 0 saturated carbocycles. The maximum Gasteiger partial charge on any atom is 0.269 e. The number of para-hydroxylation sites is 1. The molecular weight excluding hydrogens is 294 g/mol. The van der Waals surface area contributed by atoms with Crippen molar-refractivity contribution in [2.45, 2.75) is 0 Å². The fraction of sp³-hybridized carbons (Fsp3) is 0.286. The zero-order valence-electron chi connectivity index (χ0n) is 11.5. The summed E-state index contributed by atoms with van der Waals surface area (Å²) in [5.41, 5.74) is 1.03. The monoisotopic (exact) mass is 309 g/mol. The van der Waals surface area contributed by atoms with Crippen molar-refractivity contribution in [1.29, 1.82) is 0 Å². The first-order valence-electron chi connectivity index (χ1n) is 6.43. The third kappa shape index (κ3) is 3.74. The number of fused-ring (bicyclic) bond motifs is 1. The minimum absolute atomic E-state index is 0.117. The van der Waals surface area contributed by atoms with E-state index < -0.39 is 5.91 Å². The Kier molecular flexibility index (Phi) is 5.19. The van der Waals surface area contributed by atoms with Gasteiger partial charge in [0.05, 0.1) is 18.2 Å². The van der Waals surface area contributed by atoms with Crippen LogP contribution in [-0.2, 0) is 9.53 Å². The van der Waals surface area contributed by atoms with Crippen molar-refractivity contribution in [1.82, 2.24) is 15.6 Å². The largest absolute Gasteiger partial charge is 0.383 e. The average molecular weight is 310 g/mol. The Balaban J connectivity index is 1.96. The van der Waals surface area contributed by atoms with Gasteiger partial charge < -0.3 is 20.4 Å². The number of ether oxygens (including phenoxy) is 1. The van der Waals surface area contributed by atoms with Crippen LogP contribution < -0.4 is 10.6 Å². The Bertz CT molecular complexity index is 654. The lowest BCUT2D eigenvalue weighted by molar-refractivity contribution is -0.120. The van der Waals surface area contributed by atoms with Crippen LogP contribution in [0.1, 0.15) is 10.5 Å². The lowest BCUT2D eigenvalue weighted by atomic mass is 10.2. The highest BCUT2D eigenvalue weighted by Gasteiger charge is 2.16. The minimum Gasteiger partial charge on any atom is -0.383 e. The molecule has 0 unspecified atom stereocenters. The van der Waals surface area contributed by atoms with Crippen LogP contribution in [0.25, 0.3) is 10.9 Å². The quantitative estimate of drug-likeness (QED) is 0.704. The summed E-state index contributed by atoms with van der Waals surface area (Å²) >= 11 is 6.16. The second-order valence-electron chi connectivity index (χ2n) is 4.38. The molecule has 2 aromatic rings. The van der Waals surface area contributed by atoms with Crippen molar-refractivity contribution in [3.63, 3.8) is 0 Å². The number of carbonyl (C=O) groups excluding carboxylic acids is 2. The van der Waals surface area contributed by atoms with Crippen molar-refractivity contribution in [2.75, 3.05) is 26.8 Å². The summed E-state index contributed by atoms with van der Waals surface area (Å²) < 4.78 is 4.81. The fourth-order valence-corrected chi connectivity index (χ4v) is 2.17. The third-order valence-electron chi connectivity index (χ3n) is 2.91. The van der Waals surface area contributed by atoms with Gasteiger partial charge >= 0.3 is 0 Å². The van der Waals surface area contributed by atoms with Gasteiger partial charge in [-0.25, -0.2) is 0 Å². The topological polar surface area (TPSA) is 83.2 Å². The number of rotatable bonds is 6. The highest BCUT2D eigenvalue weighted by Crippen LogP contribution is 2.26. The SMILES string of the molecule is COCCNC(=O)CNC(=O)c1[nH]c2ccccc2c1Cl. The van der Waals surface area contributed by atoms with Gasteiger partial charge in [-0.3, -0.25) is 9.59 Å². The molecule has 3 N–H and O–H groups in total. The number of benzene rings is 1. The van der Waals surface area contributed by atoms with Crippen molar-refractivity contribution < 1.29 is 14.3 Å². The van der Waals surface area contributed by atoms with Crippen molar-refractivity contribution >= 4 is 34.3 Å². The van der Waals surface area contributed by atoms with E-state index in [-0.39, 0.29) is 18.1 Å². The molecule has 1 heterocycles. The fourth-order valence-electron chi connectivity index (χ4n) is 1.87. The Morgan fingerprint density at radius 3 is 2.76 bits per heavy atom. The van der Waals surface area contributed by atoms with Crippen molar-refractivity contribution in [3.05, 3.63) is 35.0 Å². The van der Waals surface area contributed by atoms with Crippen LogP contribution >= 0.6 is 11.6 Å². The molecule has 0 radical (unpaired) electrons.